The summed E-state index contributed by atoms with van der Waals surface area (Å²) < 4.78 is 166. The van der Waals surface area contributed by atoms with Crippen LogP contribution < -0.4 is 0 Å². The minimum Gasteiger partial charge on any atom is -0.458 e. The Balaban J connectivity index is 2.95. The van der Waals surface area contributed by atoms with E-state index in [1.165, 1.54) is 0 Å². The lowest BCUT2D eigenvalue weighted by Gasteiger charge is -2.43. The van der Waals surface area contributed by atoms with Crippen LogP contribution in [0.2, 0.25) is 0 Å². The molecule has 2 bridgehead atoms. The fraction of sp³-hybridized carbons (Fsp3) is 0.706. The van der Waals surface area contributed by atoms with Gasteiger partial charge in [-0.1, -0.05) is 6.58 Å². The van der Waals surface area contributed by atoms with Crippen LogP contribution in [0.3, 0.4) is 0 Å². The molecule has 2 rings (SSSR count). The highest BCUT2D eigenvalue weighted by Gasteiger charge is 2.81. The van der Waals surface area contributed by atoms with Gasteiger partial charge in [-0.15, -0.1) is 0 Å². The molecule has 3 unspecified atom stereocenters. The zero-order chi connectivity index (χ0) is 26.2. The number of carbonyl (C=O) groups excluding carboxylic acids is 1. The highest BCUT2D eigenvalue weighted by atomic mass is 19.4. The van der Waals surface area contributed by atoms with Crippen LogP contribution in [-0.4, -0.2) is 58.2 Å². The SMILES string of the molecule is C=C(C)C(=O)OC1CC2CC1C(C(O)(C(F)(F)F)C(F)(F)F)=C2C(O)(C(F)(F)F)C(F)(F)F. The van der Waals surface area contributed by atoms with Gasteiger partial charge in [-0.2, -0.15) is 52.7 Å². The van der Waals surface area contributed by atoms with E-state index < -0.39 is 89.4 Å². The van der Waals surface area contributed by atoms with Crippen LogP contribution in [0.15, 0.2) is 23.3 Å². The maximum atomic E-state index is 13.5. The number of halogens is 12. The van der Waals surface area contributed by atoms with Gasteiger partial charge in [0.15, 0.2) is 0 Å². The van der Waals surface area contributed by atoms with E-state index in [-0.39, 0.29) is 0 Å². The zero-order valence-corrected chi connectivity index (χ0v) is 16.1. The Morgan fingerprint density at radius 3 is 1.48 bits per heavy atom. The lowest BCUT2D eigenvalue weighted by atomic mass is 9.72. The number of hydrogen-bond donors (Lipinski definition) is 2. The minimum atomic E-state index is -6.86. The van der Waals surface area contributed by atoms with Crippen molar-refractivity contribution in [2.45, 2.75) is 61.8 Å². The summed E-state index contributed by atoms with van der Waals surface area (Å²) in [5.74, 6) is -6.35. The van der Waals surface area contributed by atoms with Crippen LogP contribution in [0.25, 0.3) is 0 Å². The Morgan fingerprint density at radius 2 is 1.15 bits per heavy atom. The summed E-state index contributed by atoms with van der Waals surface area (Å²) in [6, 6.07) is 0. The van der Waals surface area contributed by atoms with Crippen LogP contribution in [-0.2, 0) is 9.53 Å². The molecule has 0 aromatic carbocycles. The molecule has 0 aromatic rings. The van der Waals surface area contributed by atoms with Gasteiger partial charge in [0.2, 0.25) is 0 Å². The van der Waals surface area contributed by atoms with E-state index in [2.05, 4.69) is 11.3 Å². The van der Waals surface area contributed by atoms with Gasteiger partial charge in [0, 0.05) is 11.5 Å². The van der Waals surface area contributed by atoms with Crippen LogP contribution in [0.5, 0.6) is 0 Å². The molecular weight excluding hydrogens is 496 g/mol. The lowest BCUT2D eigenvalue weighted by Crippen LogP contribution is -2.64. The number of rotatable bonds is 4. The second kappa shape index (κ2) is 7.52. The van der Waals surface area contributed by atoms with Crippen molar-refractivity contribution in [3.8, 4) is 0 Å². The van der Waals surface area contributed by atoms with E-state index in [1.807, 2.05) is 0 Å². The molecule has 16 heteroatoms. The van der Waals surface area contributed by atoms with Crippen molar-refractivity contribution in [1.29, 1.82) is 0 Å². The fourth-order valence-electron chi connectivity index (χ4n) is 4.21. The third-order valence-electron chi connectivity index (χ3n) is 5.60. The maximum absolute atomic E-state index is 13.5. The highest BCUT2D eigenvalue weighted by molar-refractivity contribution is 5.87. The van der Waals surface area contributed by atoms with Crippen molar-refractivity contribution >= 4 is 5.97 Å². The summed E-state index contributed by atoms with van der Waals surface area (Å²) in [7, 11) is 0. The van der Waals surface area contributed by atoms with E-state index >= 15 is 0 Å². The molecule has 2 aliphatic rings. The molecular formula is C17H14F12O4. The molecule has 1 fully saturated rings. The van der Waals surface area contributed by atoms with Crippen LogP contribution in [0.1, 0.15) is 19.8 Å². The van der Waals surface area contributed by atoms with Gasteiger partial charge < -0.3 is 14.9 Å². The molecule has 3 atom stereocenters. The van der Waals surface area contributed by atoms with Crippen LogP contribution in [0, 0.1) is 11.8 Å². The summed E-state index contributed by atoms with van der Waals surface area (Å²) in [5.41, 5.74) is -18.3. The van der Waals surface area contributed by atoms with Crippen molar-refractivity contribution in [1.82, 2.24) is 0 Å². The number of hydrogen-bond acceptors (Lipinski definition) is 4. The van der Waals surface area contributed by atoms with E-state index in [1.54, 1.807) is 0 Å². The fourth-order valence-corrected chi connectivity index (χ4v) is 4.21. The summed E-state index contributed by atoms with van der Waals surface area (Å²) in [6.07, 6.45) is -31.7. The Bertz CT molecular complexity index is 833. The first-order chi connectivity index (χ1) is 14.4. The number of alkyl halides is 12. The molecule has 0 aliphatic heterocycles. The van der Waals surface area contributed by atoms with Crippen molar-refractivity contribution in [2.24, 2.45) is 11.8 Å². The van der Waals surface area contributed by atoms with Gasteiger partial charge in [0.05, 0.1) is 0 Å². The van der Waals surface area contributed by atoms with Crippen molar-refractivity contribution in [3.63, 3.8) is 0 Å². The predicted octanol–water partition coefficient (Wildman–Crippen LogP) is 4.52. The molecule has 33 heavy (non-hydrogen) atoms. The van der Waals surface area contributed by atoms with Gasteiger partial charge >= 0.3 is 30.7 Å². The summed E-state index contributed by atoms with van der Waals surface area (Å²) in [6.45, 7) is 4.10. The third kappa shape index (κ3) is 3.88. The lowest BCUT2D eigenvalue weighted by molar-refractivity contribution is -0.364. The Kier molecular flexibility index (Phi) is 6.21. The molecule has 1 saturated carbocycles. The van der Waals surface area contributed by atoms with Crippen molar-refractivity contribution < 1.29 is 72.4 Å². The molecule has 190 valence electrons. The van der Waals surface area contributed by atoms with Gasteiger partial charge in [-0.3, -0.25) is 0 Å². The molecule has 2 aliphatic carbocycles. The zero-order valence-electron chi connectivity index (χ0n) is 16.1. The second-order valence-corrected chi connectivity index (χ2v) is 7.74. The van der Waals surface area contributed by atoms with E-state index in [4.69, 9.17) is 0 Å². The molecule has 0 saturated heterocycles. The predicted molar refractivity (Wildman–Crippen MR) is 82.1 cm³/mol. The van der Waals surface area contributed by atoms with E-state index in [9.17, 15) is 67.7 Å². The second-order valence-electron chi connectivity index (χ2n) is 7.74. The first-order valence-electron chi connectivity index (χ1n) is 8.76. The topological polar surface area (TPSA) is 66.8 Å². The normalized spacial score (nSPS) is 25.0. The highest BCUT2D eigenvalue weighted by Crippen LogP contribution is 2.65. The number of aliphatic hydroxyl groups is 2. The molecule has 0 heterocycles. The quantitative estimate of drug-likeness (QED) is 0.253. The van der Waals surface area contributed by atoms with Gasteiger partial charge in [-0.05, 0) is 36.8 Å². The summed E-state index contributed by atoms with van der Waals surface area (Å²) in [4.78, 5) is 11.7. The van der Waals surface area contributed by atoms with Gasteiger partial charge in [-0.25, -0.2) is 4.79 Å². The van der Waals surface area contributed by atoms with Crippen LogP contribution in [0.4, 0.5) is 52.7 Å². The Hall–Kier alpha value is -1.97. The first-order valence-corrected chi connectivity index (χ1v) is 8.76. The van der Waals surface area contributed by atoms with Crippen molar-refractivity contribution in [2.75, 3.05) is 0 Å². The monoisotopic (exact) mass is 510 g/mol. The van der Waals surface area contributed by atoms with E-state index in [0.29, 0.717) is 0 Å². The van der Waals surface area contributed by atoms with Gasteiger partial charge in [0.25, 0.3) is 11.2 Å². The minimum absolute atomic E-state index is 0.424. The third-order valence-corrected chi connectivity index (χ3v) is 5.60. The average molecular weight is 510 g/mol. The van der Waals surface area contributed by atoms with Crippen molar-refractivity contribution in [3.05, 3.63) is 23.3 Å². The standard InChI is InChI=1S/C17H14F12O4/c1-5(2)11(30)33-8-4-6-3-7(8)10(13(32,16(24,25)26)17(27,28)29)9(6)12(31,14(18,19)20)15(21,22)23/h6-8,31-32H,1,3-4H2,2H3. The molecule has 0 aromatic heterocycles. The molecule has 2 N–H and O–H groups in total. The number of fused-ring (bicyclic) bond motifs is 2. The molecule has 0 amide bonds. The Morgan fingerprint density at radius 1 is 0.788 bits per heavy atom. The number of ether oxygens (including phenoxy) is 1. The summed E-state index contributed by atoms with van der Waals surface area (Å²) in [5, 5.41) is 19.4. The molecule has 0 spiro atoms. The smallest absolute Gasteiger partial charge is 0.430 e. The average Bonchev–Trinajstić information content (AvgIpc) is 3.13. The van der Waals surface area contributed by atoms with E-state index in [0.717, 1.165) is 6.92 Å². The summed E-state index contributed by atoms with van der Waals surface area (Å²) >= 11 is 0. The first kappa shape index (κ1) is 27.3. The number of carbonyl (C=O) groups is 1. The maximum Gasteiger partial charge on any atom is 0.430 e. The van der Waals surface area contributed by atoms with Gasteiger partial charge in [0.1, 0.15) is 6.10 Å². The Labute approximate surface area is 176 Å². The molecule has 0 radical (unpaired) electrons. The molecule has 4 nitrogen and oxygen atoms in total. The van der Waals surface area contributed by atoms with Crippen LogP contribution >= 0.6 is 0 Å². The largest absolute Gasteiger partial charge is 0.458 e. The number of esters is 1.